The number of nitrogens with zero attached hydrogens (tertiary/aromatic N) is 1. The summed E-state index contributed by atoms with van der Waals surface area (Å²) in [6, 6.07) is 5.68. The van der Waals surface area contributed by atoms with Gasteiger partial charge in [0, 0.05) is 12.5 Å². The van der Waals surface area contributed by atoms with E-state index >= 15 is 0 Å². The first-order valence-corrected chi connectivity index (χ1v) is 7.29. The summed E-state index contributed by atoms with van der Waals surface area (Å²) in [7, 11) is 0. The lowest BCUT2D eigenvalue weighted by Gasteiger charge is -2.13. The van der Waals surface area contributed by atoms with Gasteiger partial charge in [0.25, 0.3) is 0 Å². The third-order valence-electron chi connectivity index (χ3n) is 2.67. The fourth-order valence-electron chi connectivity index (χ4n) is 1.62. The van der Waals surface area contributed by atoms with Crippen molar-refractivity contribution >= 4 is 11.6 Å². The molecule has 0 saturated heterocycles. The van der Waals surface area contributed by atoms with E-state index in [4.69, 9.17) is 9.47 Å². The molecule has 0 atom stereocenters. The number of hydrazone groups is 1. The van der Waals surface area contributed by atoms with E-state index in [2.05, 4.69) is 24.4 Å². The lowest BCUT2D eigenvalue weighted by atomic mass is 10.1. The number of hydrogen-bond donors (Lipinski definition) is 1. The molecule has 0 aliphatic rings. The minimum absolute atomic E-state index is 0.195. The van der Waals surface area contributed by atoms with Gasteiger partial charge in [0.15, 0.2) is 11.5 Å². The molecule has 0 aliphatic carbocycles. The van der Waals surface area contributed by atoms with Crippen LogP contribution in [0.2, 0.25) is 0 Å². The van der Waals surface area contributed by atoms with E-state index in [-0.39, 0.29) is 5.91 Å². The predicted octanol–water partition coefficient (Wildman–Crippen LogP) is 3.12. The molecule has 0 aliphatic heterocycles. The van der Waals surface area contributed by atoms with Crippen molar-refractivity contribution in [2.75, 3.05) is 13.2 Å². The molecule has 1 rings (SSSR count). The van der Waals surface area contributed by atoms with Crippen molar-refractivity contribution in [1.29, 1.82) is 0 Å². The van der Waals surface area contributed by atoms with Crippen molar-refractivity contribution in [3.8, 4) is 11.5 Å². The molecule has 0 radical (unpaired) electrons. The highest BCUT2D eigenvalue weighted by molar-refractivity contribution is 5.99. The smallest absolute Gasteiger partial charge is 0.236 e. The van der Waals surface area contributed by atoms with Gasteiger partial charge in [0.2, 0.25) is 5.91 Å². The van der Waals surface area contributed by atoms with Gasteiger partial charge in [0.1, 0.15) is 0 Å². The molecule has 5 heteroatoms. The van der Waals surface area contributed by atoms with E-state index < -0.39 is 0 Å². The lowest BCUT2D eigenvalue weighted by molar-refractivity contribution is -0.118. The maximum Gasteiger partial charge on any atom is 0.236 e. The molecule has 0 fully saturated rings. The number of benzene rings is 1. The van der Waals surface area contributed by atoms with Gasteiger partial charge in [-0.05, 0) is 38.0 Å². The minimum atomic E-state index is -0.195. The summed E-state index contributed by atoms with van der Waals surface area (Å²) in [5, 5.41) is 4.03. The molecule has 0 spiro atoms. The molecule has 116 valence electrons. The Bertz CT molecular complexity index is 498. The number of ether oxygens (including phenoxy) is 2. The fraction of sp³-hybridized carbons (Fsp3) is 0.500. The van der Waals surface area contributed by atoms with E-state index in [0.29, 0.717) is 24.7 Å². The van der Waals surface area contributed by atoms with Crippen LogP contribution in [0.25, 0.3) is 0 Å². The van der Waals surface area contributed by atoms with Crippen LogP contribution in [-0.4, -0.2) is 24.8 Å². The first kappa shape index (κ1) is 17.0. The third kappa shape index (κ3) is 5.85. The maximum atomic E-state index is 10.9. The summed E-state index contributed by atoms with van der Waals surface area (Å²) >= 11 is 0. The minimum Gasteiger partial charge on any atom is -0.490 e. The topological polar surface area (TPSA) is 59.9 Å². The molecule has 0 aromatic heterocycles. The van der Waals surface area contributed by atoms with Crippen LogP contribution in [-0.2, 0) is 4.79 Å². The standard InChI is InChI=1S/C16H24N2O3/c1-5-9-20-15-8-7-14(11-16(15)21-10-6-2)12(3)17-18-13(4)19/h7-8,11H,5-6,9-10H2,1-4H3,(H,18,19)/b17-12-. The molecule has 1 N–H and O–H groups in total. The maximum absolute atomic E-state index is 10.9. The molecule has 1 amide bonds. The normalized spacial score (nSPS) is 11.1. The largest absolute Gasteiger partial charge is 0.490 e. The second-order valence-electron chi connectivity index (χ2n) is 4.72. The van der Waals surface area contributed by atoms with E-state index in [9.17, 15) is 4.79 Å². The zero-order chi connectivity index (χ0) is 15.7. The Balaban J connectivity index is 2.96. The number of nitrogens with one attached hydrogen (secondary N) is 1. The van der Waals surface area contributed by atoms with Gasteiger partial charge in [-0.3, -0.25) is 4.79 Å². The summed E-state index contributed by atoms with van der Waals surface area (Å²) in [5.41, 5.74) is 4.04. The van der Waals surface area contributed by atoms with Crippen molar-refractivity contribution in [3.05, 3.63) is 23.8 Å². The van der Waals surface area contributed by atoms with Crippen molar-refractivity contribution in [3.63, 3.8) is 0 Å². The Hall–Kier alpha value is -2.04. The zero-order valence-corrected chi connectivity index (χ0v) is 13.2. The number of carbonyl (C=O) groups excluding carboxylic acids is 1. The number of rotatable bonds is 8. The predicted molar refractivity (Wildman–Crippen MR) is 84.0 cm³/mol. The number of amides is 1. The van der Waals surface area contributed by atoms with Crippen LogP contribution in [0, 0.1) is 0 Å². The van der Waals surface area contributed by atoms with Crippen molar-refractivity contribution in [2.24, 2.45) is 5.10 Å². The van der Waals surface area contributed by atoms with Gasteiger partial charge in [-0.15, -0.1) is 0 Å². The van der Waals surface area contributed by atoms with Gasteiger partial charge in [0.05, 0.1) is 18.9 Å². The molecule has 0 saturated carbocycles. The number of carbonyl (C=O) groups is 1. The van der Waals surface area contributed by atoms with E-state index in [0.717, 1.165) is 24.2 Å². The average Bonchev–Trinajstić information content (AvgIpc) is 2.48. The molecule has 21 heavy (non-hydrogen) atoms. The van der Waals surface area contributed by atoms with Crippen LogP contribution in [0.4, 0.5) is 0 Å². The molecular weight excluding hydrogens is 268 g/mol. The van der Waals surface area contributed by atoms with Crippen LogP contribution < -0.4 is 14.9 Å². The monoisotopic (exact) mass is 292 g/mol. The SMILES string of the molecule is CCCOc1ccc(/C(C)=N\NC(C)=O)cc1OCCC. The number of hydrogen-bond acceptors (Lipinski definition) is 4. The second kappa shape index (κ2) is 9.00. The highest BCUT2D eigenvalue weighted by atomic mass is 16.5. The third-order valence-corrected chi connectivity index (χ3v) is 2.67. The van der Waals surface area contributed by atoms with Crippen LogP contribution in [0.1, 0.15) is 46.1 Å². The van der Waals surface area contributed by atoms with Crippen molar-refractivity contribution in [2.45, 2.75) is 40.5 Å². The molecule has 1 aromatic rings. The summed E-state index contributed by atoms with van der Waals surface area (Å²) in [6.07, 6.45) is 1.87. The van der Waals surface area contributed by atoms with E-state index in [1.807, 2.05) is 25.1 Å². The molecular formula is C16H24N2O3. The summed E-state index contributed by atoms with van der Waals surface area (Å²) in [5.74, 6) is 1.25. The van der Waals surface area contributed by atoms with Crippen LogP contribution in [0.3, 0.4) is 0 Å². The summed E-state index contributed by atoms with van der Waals surface area (Å²) in [6.45, 7) is 8.66. The van der Waals surface area contributed by atoms with Gasteiger partial charge in [-0.25, -0.2) is 5.43 Å². The van der Waals surface area contributed by atoms with E-state index in [1.54, 1.807) is 0 Å². The Labute approximate surface area is 126 Å². The van der Waals surface area contributed by atoms with Gasteiger partial charge >= 0.3 is 0 Å². The zero-order valence-electron chi connectivity index (χ0n) is 13.2. The average molecular weight is 292 g/mol. The Kier molecular flexibility index (Phi) is 7.29. The lowest BCUT2D eigenvalue weighted by Crippen LogP contribution is -2.15. The highest BCUT2D eigenvalue weighted by Gasteiger charge is 2.08. The molecule has 0 heterocycles. The van der Waals surface area contributed by atoms with Crippen LogP contribution >= 0.6 is 0 Å². The quantitative estimate of drug-likeness (QED) is 0.591. The molecule has 0 bridgehead atoms. The first-order valence-electron chi connectivity index (χ1n) is 7.29. The van der Waals surface area contributed by atoms with Crippen LogP contribution in [0.5, 0.6) is 11.5 Å². The van der Waals surface area contributed by atoms with E-state index in [1.165, 1.54) is 6.92 Å². The van der Waals surface area contributed by atoms with Gasteiger partial charge in [-0.2, -0.15) is 5.10 Å². The van der Waals surface area contributed by atoms with Crippen molar-refractivity contribution in [1.82, 2.24) is 5.43 Å². The van der Waals surface area contributed by atoms with Crippen molar-refractivity contribution < 1.29 is 14.3 Å². The first-order chi connectivity index (χ1) is 10.1. The molecule has 5 nitrogen and oxygen atoms in total. The van der Waals surface area contributed by atoms with Gasteiger partial charge < -0.3 is 9.47 Å². The Morgan fingerprint density at radius 3 is 2.29 bits per heavy atom. The highest BCUT2D eigenvalue weighted by Crippen LogP contribution is 2.29. The summed E-state index contributed by atoms with van der Waals surface area (Å²) < 4.78 is 11.4. The Morgan fingerprint density at radius 2 is 1.71 bits per heavy atom. The summed E-state index contributed by atoms with van der Waals surface area (Å²) in [4.78, 5) is 10.9. The Morgan fingerprint density at radius 1 is 1.10 bits per heavy atom. The second-order valence-corrected chi connectivity index (χ2v) is 4.72. The molecule has 1 aromatic carbocycles. The van der Waals surface area contributed by atoms with Crippen LogP contribution in [0.15, 0.2) is 23.3 Å². The van der Waals surface area contributed by atoms with Gasteiger partial charge in [-0.1, -0.05) is 13.8 Å². The molecule has 0 unspecified atom stereocenters. The fourth-order valence-corrected chi connectivity index (χ4v) is 1.62.